The van der Waals surface area contributed by atoms with Crippen molar-refractivity contribution < 1.29 is 19.3 Å². The minimum absolute atomic E-state index is 0.289. The Labute approximate surface area is 130 Å². The van der Waals surface area contributed by atoms with Crippen LogP contribution in [0.3, 0.4) is 0 Å². The van der Waals surface area contributed by atoms with Gasteiger partial charge in [-0.05, 0) is 45.3 Å². The van der Waals surface area contributed by atoms with E-state index in [0.29, 0.717) is 5.46 Å². The number of aromatic nitrogens is 1. The predicted molar refractivity (Wildman–Crippen MR) is 83.9 cm³/mol. The van der Waals surface area contributed by atoms with E-state index in [4.69, 9.17) is 9.76 Å². The van der Waals surface area contributed by atoms with E-state index >= 15 is 0 Å². The van der Waals surface area contributed by atoms with E-state index < -0.39 is 23.6 Å². The highest BCUT2D eigenvalue weighted by Crippen LogP contribution is 2.11. The lowest BCUT2D eigenvalue weighted by Crippen LogP contribution is -2.45. The van der Waals surface area contributed by atoms with Crippen LogP contribution in [0.5, 0.6) is 0 Å². The van der Waals surface area contributed by atoms with Crippen molar-refractivity contribution in [3.05, 3.63) is 18.3 Å². The van der Waals surface area contributed by atoms with Crippen LogP contribution in [-0.2, 0) is 9.53 Å². The summed E-state index contributed by atoms with van der Waals surface area (Å²) in [5.74, 6) is -0.117. The predicted octanol–water partition coefficient (Wildman–Crippen LogP) is 0.512. The lowest BCUT2D eigenvalue weighted by Gasteiger charge is -2.28. The molecule has 22 heavy (non-hydrogen) atoms. The van der Waals surface area contributed by atoms with Gasteiger partial charge in [0.1, 0.15) is 17.5 Å². The second kappa shape index (κ2) is 7.26. The molecular weight excluding hydrogens is 285 g/mol. The number of nitrogens with one attached hydrogen (secondary N) is 1. The fourth-order valence-electron chi connectivity index (χ4n) is 1.49. The molecule has 1 atom stereocenters. The SMILES string of the molecule is CC(C(=O)Nc1cc([B]O)ccn1)N(C)C(=O)OC(C)(C)C. The van der Waals surface area contributed by atoms with E-state index in [2.05, 4.69) is 10.3 Å². The third kappa shape index (κ3) is 5.36. The first-order valence-corrected chi connectivity index (χ1v) is 6.84. The van der Waals surface area contributed by atoms with E-state index in [9.17, 15) is 9.59 Å². The van der Waals surface area contributed by atoms with E-state index in [-0.39, 0.29) is 5.82 Å². The Morgan fingerprint density at radius 2 is 2.09 bits per heavy atom. The first-order chi connectivity index (χ1) is 10.1. The number of anilines is 1. The van der Waals surface area contributed by atoms with Gasteiger partial charge in [0.2, 0.25) is 5.91 Å². The van der Waals surface area contributed by atoms with Crippen LogP contribution in [-0.4, -0.2) is 53.1 Å². The number of nitrogens with zero attached hydrogens (tertiary/aromatic N) is 2. The highest BCUT2D eigenvalue weighted by molar-refractivity contribution is 6.45. The number of rotatable bonds is 4. The molecule has 0 fully saturated rings. The van der Waals surface area contributed by atoms with Crippen molar-refractivity contribution in [1.82, 2.24) is 9.88 Å². The van der Waals surface area contributed by atoms with Crippen LogP contribution >= 0.6 is 0 Å². The van der Waals surface area contributed by atoms with Gasteiger partial charge in [0.15, 0.2) is 0 Å². The van der Waals surface area contributed by atoms with Crippen LogP contribution in [0.4, 0.5) is 10.6 Å². The quantitative estimate of drug-likeness (QED) is 0.791. The normalized spacial score (nSPS) is 12.3. The maximum absolute atomic E-state index is 12.2. The Kier molecular flexibility index (Phi) is 5.93. The van der Waals surface area contributed by atoms with Gasteiger partial charge in [-0.1, -0.05) is 0 Å². The van der Waals surface area contributed by atoms with Crippen molar-refractivity contribution in [3.8, 4) is 0 Å². The molecule has 1 unspecified atom stereocenters. The van der Waals surface area contributed by atoms with Gasteiger partial charge in [0.05, 0.1) is 0 Å². The van der Waals surface area contributed by atoms with Crippen molar-refractivity contribution >= 4 is 30.8 Å². The zero-order valence-corrected chi connectivity index (χ0v) is 13.5. The molecule has 0 aliphatic rings. The van der Waals surface area contributed by atoms with E-state index in [1.165, 1.54) is 24.2 Å². The van der Waals surface area contributed by atoms with Crippen LogP contribution in [0.1, 0.15) is 27.7 Å². The number of pyridine rings is 1. The largest absolute Gasteiger partial charge is 0.450 e. The summed E-state index contributed by atoms with van der Waals surface area (Å²) in [6.45, 7) is 6.85. The lowest BCUT2D eigenvalue weighted by atomic mass is 9.90. The molecule has 1 heterocycles. The van der Waals surface area contributed by atoms with E-state index in [1.54, 1.807) is 33.8 Å². The molecule has 0 spiro atoms. The van der Waals surface area contributed by atoms with E-state index in [1.807, 2.05) is 0 Å². The molecule has 0 saturated carbocycles. The monoisotopic (exact) mass is 306 g/mol. The van der Waals surface area contributed by atoms with Crippen LogP contribution in [0.2, 0.25) is 0 Å². The third-order valence-electron chi connectivity index (χ3n) is 2.83. The second-order valence-electron chi connectivity index (χ2n) is 5.86. The van der Waals surface area contributed by atoms with Crippen LogP contribution < -0.4 is 10.8 Å². The maximum Gasteiger partial charge on any atom is 0.410 e. The minimum atomic E-state index is -0.738. The summed E-state index contributed by atoms with van der Waals surface area (Å²) in [6.07, 6.45) is 0.875. The molecule has 0 bridgehead atoms. The molecular formula is C14H21BN3O4. The number of likely N-dealkylation sites (N-methyl/N-ethyl adjacent to an activating group) is 1. The van der Waals surface area contributed by atoms with Gasteiger partial charge >= 0.3 is 13.6 Å². The van der Waals surface area contributed by atoms with Crippen molar-refractivity contribution in [3.63, 3.8) is 0 Å². The summed E-state index contributed by atoms with van der Waals surface area (Å²) >= 11 is 0. The number of carbonyl (C=O) groups is 2. The molecule has 8 heteroatoms. The molecule has 2 N–H and O–H groups in total. The number of hydrogen-bond acceptors (Lipinski definition) is 5. The number of amides is 2. The highest BCUT2D eigenvalue weighted by atomic mass is 16.6. The standard InChI is InChI=1S/C14H21BN3O4/c1-9(18(5)13(20)22-14(2,3)4)12(19)17-11-8-10(15-21)6-7-16-11/h6-9,21H,1-5H3,(H,16,17,19). The Morgan fingerprint density at radius 1 is 1.45 bits per heavy atom. The highest BCUT2D eigenvalue weighted by Gasteiger charge is 2.27. The Bertz CT molecular complexity index is 545. The lowest BCUT2D eigenvalue weighted by molar-refractivity contribution is -0.120. The van der Waals surface area contributed by atoms with Crippen molar-refractivity contribution in [2.24, 2.45) is 0 Å². The van der Waals surface area contributed by atoms with Gasteiger partial charge < -0.3 is 15.1 Å². The Balaban J connectivity index is 2.69. The fraction of sp³-hybridized carbons (Fsp3) is 0.500. The molecule has 0 saturated heterocycles. The Hall–Kier alpha value is -2.09. The van der Waals surface area contributed by atoms with Gasteiger partial charge in [-0.25, -0.2) is 9.78 Å². The van der Waals surface area contributed by atoms with Gasteiger partial charge in [-0.3, -0.25) is 9.69 Å². The van der Waals surface area contributed by atoms with Crippen LogP contribution in [0.25, 0.3) is 0 Å². The molecule has 0 aliphatic heterocycles. The van der Waals surface area contributed by atoms with Crippen LogP contribution in [0.15, 0.2) is 18.3 Å². The summed E-state index contributed by atoms with van der Waals surface area (Å²) in [7, 11) is 2.40. The third-order valence-corrected chi connectivity index (χ3v) is 2.83. The van der Waals surface area contributed by atoms with Gasteiger partial charge in [0, 0.05) is 13.2 Å². The Morgan fingerprint density at radius 3 is 2.64 bits per heavy atom. The molecule has 1 radical (unpaired) electrons. The van der Waals surface area contributed by atoms with Gasteiger partial charge in [-0.2, -0.15) is 0 Å². The first-order valence-electron chi connectivity index (χ1n) is 6.84. The summed E-state index contributed by atoms with van der Waals surface area (Å²) < 4.78 is 5.21. The maximum atomic E-state index is 12.2. The van der Waals surface area contributed by atoms with E-state index in [0.717, 1.165) is 7.48 Å². The van der Waals surface area contributed by atoms with Crippen molar-refractivity contribution in [2.45, 2.75) is 39.3 Å². The van der Waals surface area contributed by atoms with Gasteiger partial charge in [-0.15, -0.1) is 0 Å². The molecule has 1 aromatic heterocycles. The summed E-state index contributed by atoms with van der Waals surface area (Å²) in [6, 6.07) is 2.36. The molecule has 2 amide bonds. The number of ether oxygens (including phenoxy) is 1. The summed E-state index contributed by atoms with van der Waals surface area (Å²) in [4.78, 5) is 29.3. The number of hydrogen-bond donors (Lipinski definition) is 2. The van der Waals surface area contributed by atoms with Crippen molar-refractivity contribution in [2.75, 3.05) is 12.4 Å². The molecule has 0 aliphatic carbocycles. The minimum Gasteiger partial charge on any atom is -0.450 e. The van der Waals surface area contributed by atoms with Crippen molar-refractivity contribution in [1.29, 1.82) is 0 Å². The molecule has 0 aromatic carbocycles. The average Bonchev–Trinajstić information content (AvgIpc) is 2.44. The molecule has 7 nitrogen and oxygen atoms in total. The van der Waals surface area contributed by atoms with Crippen LogP contribution in [0, 0.1) is 0 Å². The molecule has 1 rings (SSSR count). The van der Waals surface area contributed by atoms with Gasteiger partial charge in [0.25, 0.3) is 0 Å². The summed E-state index contributed by atoms with van der Waals surface area (Å²) in [5.41, 5.74) is -0.118. The number of carbonyl (C=O) groups excluding carboxylic acids is 2. The summed E-state index contributed by atoms with van der Waals surface area (Å²) in [5, 5.41) is 11.5. The zero-order chi connectivity index (χ0) is 16.9. The smallest absolute Gasteiger partial charge is 0.410 e. The molecule has 1 aromatic rings. The average molecular weight is 306 g/mol. The topological polar surface area (TPSA) is 91.8 Å². The zero-order valence-electron chi connectivity index (χ0n) is 13.5. The fourth-order valence-corrected chi connectivity index (χ4v) is 1.49. The first kappa shape index (κ1) is 18.0. The second-order valence-corrected chi connectivity index (χ2v) is 5.86. The molecule has 119 valence electrons.